The second-order valence-electron chi connectivity index (χ2n) is 3.98. The number of benzene rings is 1. The zero-order valence-corrected chi connectivity index (χ0v) is 10.2. The molecule has 0 unspecified atom stereocenters. The summed E-state index contributed by atoms with van der Waals surface area (Å²) in [5, 5.41) is 0. The van der Waals surface area contributed by atoms with Crippen molar-refractivity contribution >= 4 is 17.1 Å². The first kappa shape index (κ1) is 11.4. The standard InChI is InChI=1S/C13H18S/c1-5-11-8-6-7-10(4)12(11)13(14)9(2)3/h6-9H,5H2,1-4H3. The number of hydrogen-bond acceptors (Lipinski definition) is 1. The molecule has 0 saturated carbocycles. The Morgan fingerprint density at radius 1 is 1.36 bits per heavy atom. The summed E-state index contributed by atoms with van der Waals surface area (Å²) in [5.74, 6) is 0.455. The van der Waals surface area contributed by atoms with Crippen LogP contribution in [-0.2, 0) is 6.42 Å². The molecule has 1 aromatic carbocycles. The summed E-state index contributed by atoms with van der Waals surface area (Å²) in [4.78, 5) is 1.10. The molecule has 0 spiro atoms. The maximum absolute atomic E-state index is 5.49. The fourth-order valence-corrected chi connectivity index (χ4v) is 1.96. The van der Waals surface area contributed by atoms with Crippen molar-refractivity contribution in [2.24, 2.45) is 5.92 Å². The molecule has 0 aliphatic carbocycles. The van der Waals surface area contributed by atoms with Crippen molar-refractivity contribution in [3.8, 4) is 0 Å². The lowest BCUT2D eigenvalue weighted by Crippen LogP contribution is -2.10. The Morgan fingerprint density at radius 2 is 2.00 bits per heavy atom. The molecule has 0 N–H and O–H groups in total. The molecule has 0 heterocycles. The minimum atomic E-state index is 0.455. The molecule has 0 aromatic heterocycles. The van der Waals surface area contributed by atoms with Crippen LogP contribution >= 0.6 is 12.2 Å². The van der Waals surface area contributed by atoms with Crippen LogP contribution in [0.1, 0.15) is 37.5 Å². The lowest BCUT2D eigenvalue weighted by molar-refractivity contribution is 0.897. The summed E-state index contributed by atoms with van der Waals surface area (Å²) in [6.45, 7) is 8.65. The monoisotopic (exact) mass is 206 g/mol. The van der Waals surface area contributed by atoms with Crippen LogP contribution in [0.15, 0.2) is 18.2 Å². The quantitative estimate of drug-likeness (QED) is 0.533. The lowest BCUT2D eigenvalue weighted by atomic mass is 9.92. The van der Waals surface area contributed by atoms with Gasteiger partial charge in [-0.3, -0.25) is 0 Å². The highest BCUT2D eigenvalue weighted by Gasteiger charge is 2.11. The molecular formula is C13H18S. The largest absolute Gasteiger partial charge is 0.0840 e. The zero-order chi connectivity index (χ0) is 10.7. The molecule has 14 heavy (non-hydrogen) atoms. The van der Waals surface area contributed by atoms with Crippen LogP contribution in [0.5, 0.6) is 0 Å². The first-order valence-corrected chi connectivity index (χ1v) is 5.61. The Bertz CT molecular complexity index is 337. The summed E-state index contributed by atoms with van der Waals surface area (Å²) >= 11 is 5.49. The SMILES string of the molecule is CCc1cccc(C)c1C(=S)C(C)C. The fraction of sp³-hybridized carbons (Fsp3) is 0.462. The highest BCUT2D eigenvalue weighted by Crippen LogP contribution is 2.19. The average molecular weight is 206 g/mol. The van der Waals surface area contributed by atoms with Gasteiger partial charge in [0, 0.05) is 4.86 Å². The average Bonchev–Trinajstić information content (AvgIpc) is 2.16. The van der Waals surface area contributed by atoms with Gasteiger partial charge in [-0.15, -0.1) is 0 Å². The third-order valence-electron chi connectivity index (χ3n) is 2.51. The van der Waals surface area contributed by atoms with Crippen LogP contribution < -0.4 is 0 Å². The summed E-state index contributed by atoms with van der Waals surface area (Å²) in [7, 11) is 0. The number of rotatable bonds is 3. The van der Waals surface area contributed by atoms with Gasteiger partial charge in [0.15, 0.2) is 0 Å². The maximum atomic E-state index is 5.49. The third kappa shape index (κ3) is 2.21. The Labute approximate surface area is 92.3 Å². The lowest BCUT2D eigenvalue weighted by Gasteiger charge is -2.14. The van der Waals surface area contributed by atoms with Gasteiger partial charge in [-0.2, -0.15) is 0 Å². The molecule has 76 valence electrons. The van der Waals surface area contributed by atoms with Crippen molar-refractivity contribution in [3.05, 3.63) is 34.9 Å². The van der Waals surface area contributed by atoms with Gasteiger partial charge in [-0.1, -0.05) is 51.2 Å². The molecule has 0 amide bonds. The fourth-order valence-electron chi connectivity index (χ4n) is 1.66. The maximum Gasteiger partial charge on any atom is 0.0255 e. The van der Waals surface area contributed by atoms with Crippen LogP contribution in [0.3, 0.4) is 0 Å². The van der Waals surface area contributed by atoms with Gasteiger partial charge in [0.25, 0.3) is 0 Å². The predicted molar refractivity (Wildman–Crippen MR) is 67.1 cm³/mol. The molecule has 1 aromatic rings. The number of aryl methyl sites for hydroxylation is 2. The second kappa shape index (κ2) is 4.70. The van der Waals surface area contributed by atoms with Crippen molar-refractivity contribution in [3.63, 3.8) is 0 Å². The Morgan fingerprint density at radius 3 is 2.50 bits per heavy atom. The van der Waals surface area contributed by atoms with Crippen molar-refractivity contribution in [2.75, 3.05) is 0 Å². The second-order valence-corrected chi connectivity index (χ2v) is 4.42. The van der Waals surface area contributed by atoms with E-state index in [4.69, 9.17) is 12.2 Å². The molecule has 0 nitrogen and oxygen atoms in total. The highest BCUT2D eigenvalue weighted by molar-refractivity contribution is 7.80. The molecule has 0 radical (unpaired) electrons. The molecule has 0 aliphatic heterocycles. The van der Waals surface area contributed by atoms with E-state index in [2.05, 4.69) is 45.9 Å². The van der Waals surface area contributed by atoms with E-state index in [9.17, 15) is 0 Å². The Hall–Kier alpha value is -0.690. The minimum absolute atomic E-state index is 0.455. The van der Waals surface area contributed by atoms with Crippen LogP contribution in [0.25, 0.3) is 0 Å². The normalized spacial score (nSPS) is 10.6. The summed E-state index contributed by atoms with van der Waals surface area (Å²) < 4.78 is 0. The van der Waals surface area contributed by atoms with Crippen LogP contribution in [0.2, 0.25) is 0 Å². The topological polar surface area (TPSA) is 0 Å². The molecule has 0 atom stereocenters. The van der Waals surface area contributed by atoms with E-state index in [-0.39, 0.29) is 0 Å². The summed E-state index contributed by atoms with van der Waals surface area (Å²) in [6.07, 6.45) is 1.06. The predicted octanol–water partition coefficient (Wildman–Crippen LogP) is 3.93. The highest BCUT2D eigenvalue weighted by atomic mass is 32.1. The Balaban J connectivity index is 3.23. The van der Waals surface area contributed by atoms with E-state index in [1.165, 1.54) is 16.7 Å². The Kier molecular flexibility index (Phi) is 3.82. The minimum Gasteiger partial charge on any atom is -0.0840 e. The molecule has 0 aliphatic rings. The van der Waals surface area contributed by atoms with Crippen LogP contribution in [0, 0.1) is 12.8 Å². The van der Waals surface area contributed by atoms with E-state index in [1.807, 2.05) is 0 Å². The van der Waals surface area contributed by atoms with Gasteiger partial charge in [-0.05, 0) is 36.0 Å². The molecule has 1 rings (SSSR count). The number of thiocarbonyl (C=S) groups is 1. The van der Waals surface area contributed by atoms with Crippen LogP contribution in [0.4, 0.5) is 0 Å². The molecule has 0 bridgehead atoms. The summed E-state index contributed by atoms with van der Waals surface area (Å²) in [6, 6.07) is 6.43. The van der Waals surface area contributed by atoms with E-state index < -0.39 is 0 Å². The molecule has 0 fully saturated rings. The van der Waals surface area contributed by atoms with Crippen molar-refractivity contribution in [1.29, 1.82) is 0 Å². The first-order valence-electron chi connectivity index (χ1n) is 5.20. The van der Waals surface area contributed by atoms with Gasteiger partial charge in [0.2, 0.25) is 0 Å². The van der Waals surface area contributed by atoms with E-state index in [0.29, 0.717) is 5.92 Å². The van der Waals surface area contributed by atoms with Crippen molar-refractivity contribution < 1.29 is 0 Å². The zero-order valence-electron chi connectivity index (χ0n) is 9.42. The van der Waals surface area contributed by atoms with E-state index in [1.54, 1.807) is 0 Å². The van der Waals surface area contributed by atoms with E-state index >= 15 is 0 Å². The molecular weight excluding hydrogens is 188 g/mol. The van der Waals surface area contributed by atoms with Gasteiger partial charge < -0.3 is 0 Å². The van der Waals surface area contributed by atoms with Gasteiger partial charge in [0.05, 0.1) is 0 Å². The first-order chi connectivity index (χ1) is 6.57. The molecule has 1 heteroatoms. The van der Waals surface area contributed by atoms with Gasteiger partial charge in [-0.25, -0.2) is 0 Å². The smallest absolute Gasteiger partial charge is 0.0255 e. The third-order valence-corrected chi connectivity index (χ3v) is 3.19. The van der Waals surface area contributed by atoms with Crippen molar-refractivity contribution in [2.45, 2.75) is 34.1 Å². The van der Waals surface area contributed by atoms with Crippen LogP contribution in [-0.4, -0.2) is 4.86 Å². The van der Waals surface area contributed by atoms with Gasteiger partial charge >= 0.3 is 0 Å². The van der Waals surface area contributed by atoms with Gasteiger partial charge in [0.1, 0.15) is 0 Å². The number of hydrogen-bond donors (Lipinski definition) is 0. The van der Waals surface area contributed by atoms with Crippen molar-refractivity contribution in [1.82, 2.24) is 0 Å². The summed E-state index contributed by atoms with van der Waals surface area (Å²) in [5.41, 5.74) is 3.99. The molecule has 0 saturated heterocycles. The van der Waals surface area contributed by atoms with E-state index in [0.717, 1.165) is 11.3 Å².